The molecule has 1 aromatic heterocycles. The highest BCUT2D eigenvalue weighted by Gasteiger charge is 2.11. The molecule has 0 aliphatic carbocycles. The Hall–Kier alpha value is -1.74. The second kappa shape index (κ2) is 4.63. The highest BCUT2D eigenvalue weighted by molar-refractivity contribution is 6.31. The normalized spacial score (nSPS) is 10.3. The van der Waals surface area contributed by atoms with Crippen molar-refractivity contribution in [2.45, 2.75) is 13.8 Å². The third-order valence-corrected chi connectivity index (χ3v) is 2.85. The van der Waals surface area contributed by atoms with Crippen LogP contribution in [0.2, 0.25) is 5.02 Å². The van der Waals surface area contributed by atoms with Gasteiger partial charge in [-0.2, -0.15) is 0 Å². The van der Waals surface area contributed by atoms with E-state index in [-0.39, 0.29) is 5.78 Å². The third-order valence-electron chi connectivity index (χ3n) is 2.44. The topological polar surface area (TPSA) is 42.9 Å². The Morgan fingerprint density at radius 1 is 1.24 bits per heavy atom. The van der Waals surface area contributed by atoms with E-state index in [4.69, 9.17) is 11.6 Å². The number of rotatable bonds is 2. The van der Waals surface area contributed by atoms with Crippen molar-refractivity contribution in [1.29, 1.82) is 0 Å². The standard InChI is InChI=1S/C13H11ClN2O/c1-8-3-4-10(7-11(8)14)13(17)12-5-6-15-9(2)16-12/h3-7H,1-2H3. The first-order valence-electron chi connectivity index (χ1n) is 5.18. The van der Waals surface area contributed by atoms with Crippen molar-refractivity contribution in [1.82, 2.24) is 9.97 Å². The molecule has 0 radical (unpaired) electrons. The van der Waals surface area contributed by atoms with E-state index < -0.39 is 0 Å². The lowest BCUT2D eigenvalue weighted by Gasteiger charge is -2.03. The lowest BCUT2D eigenvalue weighted by atomic mass is 10.1. The lowest BCUT2D eigenvalue weighted by Crippen LogP contribution is -2.05. The number of hydrogen-bond acceptors (Lipinski definition) is 3. The molecule has 0 aliphatic rings. The van der Waals surface area contributed by atoms with Gasteiger partial charge in [0.2, 0.25) is 5.78 Å². The molecule has 0 amide bonds. The van der Waals surface area contributed by atoms with E-state index in [1.807, 2.05) is 13.0 Å². The van der Waals surface area contributed by atoms with Gasteiger partial charge in [-0.3, -0.25) is 4.79 Å². The van der Waals surface area contributed by atoms with E-state index in [2.05, 4.69) is 9.97 Å². The van der Waals surface area contributed by atoms with E-state index in [9.17, 15) is 4.79 Å². The highest BCUT2D eigenvalue weighted by Crippen LogP contribution is 2.18. The quantitative estimate of drug-likeness (QED) is 0.765. The van der Waals surface area contributed by atoms with Gasteiger partial charge in [0.15, 0.2) is 0 Å². The smallest absolute Gasteiger partial charge is 0.211 e. The Bertz CT molecular complexity index is 581. The van der Waals surface area contributed by atoms with Crippen LogP contribution in [-0.2, 0) is 0 Å². The molecule has 0 saturated heterocycles. The Morgan fingerprint density at radius 2 is 2.00 bits per heavy atom. The molecule has 0 atom stereocenters. The molecule has 0 fully saturated rings. The number of halogens is 1. The summed E-state index contributed by atoms with van der Waals surface area (Å²) in [5.41, 5.74) is 1.87. The van der Waals surface area contributed by atoms with Crippen LogP contribution in [0, 0.1) is 13.8 Å². The lowest BCUT2D eigenvalue weighted by molar-refractivity contribution is 0.103. The van der Waals surface area contributed by atoms with Gasteiger partial charge in [-0.25, -0.2) is 9.97 Å². The molecule has 0 N–H and O–H groups in total. The number of carbonyl (C=O) groups is 1. The van der Waals surface area contributed by atoms with Crippen LogP contribution in [0.4, 0.5) is 0 Å². The van der Waals surface area contributed by atoms with Gasteiger partial charge >= 0.3 is 0 Å². The number of aromatic nitrogens is 2. The second-order valence-corrected chi connectivity index (χ2v) is 4.19. The van der Waals surface area contributed by atoms with Crippen LogP contribution < -0.4 is 0 Å². The van der Waals surface area contributed by atoms with Crippen LogP contribution >= 0.6 is 11.6 Å². The first-order chi connectivity index (χ1) is 8.08. The molecule has 2 aromatic rings. The molecule has 0 unspecified atom stereocenters. The van der Waals surface area contributed by atoms with Crippen molar-refractivity contribution >= 4 is 17.4 Å². The summed E-state index contributed by atoms with van der Waals surface area (Å²) in [6, 6.07) is 6.84. The van der Waals surface area contributed by atoms with Gasteiger partial charge in [0, 0.05) is 16.8 Å². The van der Waals surface area contributed by atoms with E-state index in [1.54, 1.807) is 31.3 Å². The summed E-state index contributed by atoms with van der Waals surface area (Å²) in [6.07, 6.45) is 1.57. The van der Waals surface area contributed by atoms with E-state index >= 15 is 0 Å². The molecule has 3 nitrogen and oxygen atoms in total. The van der Waals surface area contributed by atoms with Gasteiger partial charge in [0.1, 0.15) is 11.5 Å². The van der Waals surface area contributed by atoms with Gasteiger partial charge in [-0.1, -0.05) is 23.7 Å². The maximum absolute atomic E-state index is 12.1. The number of aryl methyl sites for hydroxylation is 2. The minimum atomic E-state index is -0.141. The van der Waals surface area contributed by atoms with Gasteiger partial charge in [0.25, 0.3) is 0 Å². The predicted molar refractivity (Wildman–Crippen MR) is 66.4 cm³/mol. The van der Waals surface area contributed by atoms with Crippen LogP contribution in [0.5, 0.6) is 0 Å². The number of nitrogens with zero attached hydrogens (tertiary/aromatic N) is 2. The predicted octanol–water partition coefficient (Wildman–Crippen LogP) is 2.98. The van der Waals surface area contributed by atoms with Crippen molar-refractivity contribution in [2.24, 2.45) is 0 Å². The average Bonchev–Trinajstić information content (AvgIpc) is 2.32. The molecular weight excluding hydrogens is 236 g/mol. The minimum Gasteiger partial charge on any atom is -0.287 e. The highest BCUT2D eigenvalue weighted by atomic mass is 35.5. The van der Waals surface area contributed by atoms with Gasteiger partial charge < -0.3 is 0 Å². The molecular formula is C13H11ClN2O. The minimum absolute atomic E-state index is 0.141. The molecule has 17 heavy (non-hydrogen) atoms. The zero-order valence-corrected chi connectivity index (χ0v) is 10.3. The van der Waals surface area contributed by atoms with Crippen molar-refractivity contribution < 1.29 is 4.79 Å². The number of benzene rings is 1. The molecule has 1 heterocycles. The monoisotopic (exact) mass is 246 g/mol. The Morgan fingerprint density at radius 3 is 2.65 bits per heavy atom. The fourth-order valence-electron chi connectivity index (χ4n) is 1.46. The summed E-state index contributed by atoms with van der Waals surface area (Å²) in [4.78, 5) is 20.2. The zero-order chi connectivity index (χ0) is 12.4. The fraction of sp³-hybridized carbons (Fsp3) is 0.154. The Labute approximate surface area is 104 Å². The molecule has 1 aromatic carbocycles. The van der Waals surface area contributed by atoms with Crippen molar-refractivity contribution in [3.05, 3.63) is 58.1 Å². The zero-order valence-electron chi connectivity index (χ0n) is 9.57. The number of hydrogen-bond donors (Lipinski definition) is 0. The molecule has 4 heteroatoms. The molecule has 0 saturated carbocycles. The first kappa shape index (κ1) is 11.7. The molecule has 0 aliphatic heterocycles. The largest absolute Gasteiger partial charge is 0.287 e. The summed E-state index contributed by atoms with van der Waals surface area (Å²) >= 11 is 5.99. The molecule has 2 rings (SSSR count). The van der Waals surface area contributed by atoms with Crippen molar-refractivity contribution in [3.8, 4) is 0 Å². The molecule has 86 valence electrons. The number of carbonyl (C=O) groups excluding carboxylic acids is 1. The number of ketones is 1. The average molecular weight is 247 g/mol. The fourth-order valence-corrected chi connectivity index (χ4v) is 1.65. The second-order valence-electron chi connectivity index (χ2n) is 3.78. The van der Waals surface area contributed by atoms with E-state index in [0.29, 0.717) is 22.1 Å². The van der Waals surface area contributed by atoms with Crippen LogP contribution in [0.3, 0.4) is 0 Å². The Kier molecular flexibility index (Phi) is 3.20. The molecule has 0 bridgehead atoms. The first-order valence-corrected chi connectivity index (χ1v) is 5.56. The summed E-state index contributed by atoms with van der Waals surface area (Å²) in [5.74, 6) is 0.437. The third kappa shape index (κ3) is 2.50. The summed E-state index contributed by atoms with van der Waals surface area (Å²) < 4.78 is 0. The summed E-state index contributed by atoms with van der Waals surface area (Å²) in [7, 11) is 0. The maximum Gasteiger partial charge on any atom is 0.211 e. The Balaban J connectivity index is 2.40. The summed E-state index contributed by atoms with van der Waals surface area (Å²) in [5, 5.41) is 0.585. The van der Waals surface area contributed by atoms with E-state index in [1.165, 1.54) is 0 Å². The van der Waals surface area contributed by atoms with Crippen LogP contribution in [0.1, 0.15) is 27.4 Å². The van der Waals surface area contributed by atoms with Gasteiger partial charge in [-0.15, -0.1) is 0 Å². The van der Waals surface area contributed by atoms with Gasteiger partial charge in [-0.05, 0) is 31.5 Å². The SMILES string of the molecule is Cc1nccc(C(=O)c2ccc(C)c(Cl)c2)n1. The summed E-state index contributed by atoms with van der Waals surface area (Å²) in [6.45, 7) is 3.64. The van der Waals surface area contributed by atoms with Crippen LogP contribution in [0.25, 0.3) is 0 Å². The van der Waals surface area contributed by atoms with Gasteiger partial charge in [0.05, 0.1) is 0 Å². The molecule has 0 spiro atoms. The van der Waals surface area contributed by atoms with Crippen LogP contribution in [-0.4, -0.2) is 15.8 Å². The van der Waals surface area contributed by atoms with Crippen molar-refractivity contribution in [2.75, 3.05) is 0 Å². The maximum atomic E-state index is 12.1. The van der Waals surface area contributed by atoms with E-state index in [0.717, 1.165) is 5.56 Å². The van der Waals surface area contributed by atoms with Crippen LogP contribution in [0.15, 0.2) is 30.5 Å². The van der Waals surface area contributed by atoms with Crippen molar-refractivity contribution in [3.63, 3.8) is 0 Å².